The molecule has 0 spiro atoms. The molecule has 0 radical (unpaired) electrons. The minimum absolute atomic E-state index is 1.12. The second-order valence-electron chi connectivity index (χ2n) is 12.9. The van der Waals surface area contributed by atoms with E-state index in [0.717, 1.165) is 17.1 Å². The zero-order valence-corrected chi connectivity index (χ0v) is 28.7. The highest BCUT2D eigenvalue weighted by atomic mass is 28.3. The number of hydrogen-bond donors (Lipinski definition) is 0. The number of fused-ring (bicyclic) bond motifs is 3. The summed E-state index contributed by atoms with van der Waals surface area (Å²) in [5, 5.41) is 5.76. The van der Waals surface area contributed by atoms with Gasteiger partial charge in [0.2, 0.25) is 0 Å². The lowest BCUT2D eigenvalue weighted by molar-refractivity contribution is 1.28. The van der Waals surface area contributed by atoms with E-state index < -0.39 is 8.07 Å². The van der Waals surface area contributed by atoms with Crippen LogP contribution in [-0.4, -0.2) is 8.07 Å². The number of nitrogens with zero attached hydrogens (tertiary/aromatic N) is 1. The lowest BCUT2D eigenvalue weighted by Crippen LogP contribution is -2.73. The Bertz CT molecular complexity index is 2350. The maximum absolute atomic E-state index is 2.64. The summed E-state index contributed by atoms with van der Waals surface area (Å²) in [6.07, 6.45) is 0. The minimum Gasteiger partial charge on any atom is -0.311 e. The van der Waals surface area contributed by atoms with Crippen LogP contribution in [0.4, 0.5) is 17.1 Å². The highest BCUT2D eigenvalue weighted by molar-refractivity contribution is 7.22. The number of para-hydroxylation sites is 1. The Kier molecular flexibility index (Phi) is 7.57. The number of benzene rings is 8. The van der Waals surface area contributed by atoms with Crippen molar-refractivity contribution in [1.29, 1.82) is 0 Å². The molecule has 0 aliphatic carbocycles. The Morgan fingerprint density at radius 1 is 0.280 bits per heavy atom. The third-order valence-corrected chi connectivity index (χ3v) is 15.1. The monoisotopic (exact) mass is 653 g/mol. The van der Waals surface area contributed by atoms with Gasteiger partial charge >= 0.3 is 0 Å². The van der Waals surface area contributed by atoms with Gasteiger partial charge in [0.1, 0.15) is 0 Å². The van der Waals surface area contributed by atoms with E-state index in [-0.39, 0.29) is 0 Å². The van der Waals surface area contributed by atoms with Crippen molar-refractivity contribution in [3.8, 4) is 33.4 Å². The van der Waals surface area contributed by atoms with Crippen LogP contribution in [0.15, 0.2) is 212 Å². The fraction of sp³-hybridized carbons (Fsp3) is 0. The molecule has 1 aliphatic rings. The molecule has 1 heterocycles. The average Bonchev–Trinajstić information content (AvgIpc) is 3.51. The van der Waals surface area contributed by atoms with Crippen LogP contribution >= 0.6 is 0 Å². The van der Waals surface area contributed by atoms with Crippen LogP contribution in [0.5, 0.6) is 0 Å². The summed E-state index contributed by atoms with van der Waals surface area (Å²) in [5.41, 5.74) is 11.1. The fourth-order valence-electron chi connectivity index (χ4n) is 7.99. The molecule has 9 rings (SSSR count). The molecule has 0 saturated carbocycles. The average molecular weight is 654 g/mol. The van der Waals surface area contributed by atoms with Crippen LogP contribution in [-0.2, 0) is 0 Å². The molecule has 0 amide bonds. The molecule has 50 heavy (non-hydrogen) atoms. The molecular weight excluding hydrogens is 619 g/mol. The van der Waals surface area contributed by atoms with Gasteiger partial charge in [-0.2, -0.15) is 0 Å². The van der Waals surface area contributed by atoms with Crippen molar-refractivity contribution in [2.24, 2.45) is 0 Å². The van der Waals surface area contributed by atoms with E-state index in [1.165, 1.54) is 54.1 Å². The highest BCUT2D eigenvalue weighted by Crippen LogP contribution is 2.38. The van der Waals surface area contributed by atoms with Gasteiger partial charge in [-0.1, -0.05) is 176 Å². The standard InChI is InChI=1S/C48H35NSi/c1-5-16-36(17-6-1)37-28-32-40(33-29-37)49(39-18-7-2-8-19-39)41-34-30-38(31-35-41)44-25-15-26-46-45-24-13-14-27-47(45)50(48(44)46,42-20-9-3-10-21-42)43-22-11-4-12-23-43/h1-35H. The Labute approximate surface area is 295 Å². The molecule has 1 aliphatic heterocycles. The maximum atomic E-state index is 2.38. The molecule has 0 atom stereocenters. The Morgan fingerprint density at radius 3 is 1.30 bits per heavy atom. The zero-order chi connectivity index (χ0) is 33.3. The molecule has 236 valence electrons. The first kappa shape index (κ1) is 29.9. The topological polar surface area (TPSA) is 3.24 Å². The predicted molar refractivity (Wildman–Crippen MR) is 215 cm³/mol. The Balaban J connectivity index is 1.20. The number of anilines is 3. The van der Waals surface area contributed by atoms with Crippen LogP contribution in [0.25, 0.3) is 33.4 Å². The van der Waals surface area contributed by atoms with Gasteiger partial charge in [-0.05, 0) is 90.5 Å². The van der Waals surface area contributed by atoms with Crippen LogP contribution in [0.2, 0.25) is 0 Å². The van der Waals surface area contributed by atoms with Crippen LogP contribution in [0.3, 0.4) is 0 Å². The molecule has 8 aromatic carbocycles. The van der Waals surface area contributed by atoms with E-state index in [2.05, 4.69) is 217 Å². The third kappa shape index (κ3) is 4.92. The summed E-state index contributed by atoms with van der Waals surface area (Å²) in [4.78, 5) is 2.34. The first-order chi connectivity index (χ1) is 24.8. The summed E-state index contributed by atoms with van der Waals surface area (Å²) in [7, 11) is -2.64. The normalized spacial score (nSPS) is 12.6. The Hall–Kier alpha value is -6.22. The van der Waals surface area contributed by atoms with Crippen molar-refractivity contribution >= 4 is 45.9 Å². The molecule has 0 saturated heterocycles. The lowest BCUT2D eigenvalue weighted by Gasteiger charge is -2.33. The van der Waals surface area contributed by atoms with E-state index in [1.807, 2.05) is 0 Å². The van der Waals surface area contributed by atoms with Crippen molar-refractivity contribution in [2.75, 3.05) is 4.90 Å². The number of hydrogen-bond acceptors (Lipinski definition) is 1. The lowest BCUT2D eigenvalue weighted by atomic mass is 9.98. The van der Waals surface area contributed by atoms with Gasteiger partial charge < -0.3 is 4.90 Å². The summed E-state index contributed by atoms with van der Waals surface area (Å²) in [5.74, 6) is 0. The second-order valence-corrected chi connectivity index (χ2v) is 16.6. The predicted octanol–water partition coefficient (Wildman–Crippen LogP) is 9.85. The third-order valence-electron chi connectivity index (χ3n) is 10.2. The second kappa shape index (κ2) is 12.7. The summed E-state index contributed by atoms with van der Waals surface area (Å²) < 4.78 is 0. The molecule has 0 bridgehead atoms. The van der Waals surface area contributed by atoms with Crippen molar-refractivity contribution in [3.05, 3.63) is 212 Å². The SMILES string of the molecule is c1ccc(-c2ccc(N(c3ccccc3)c3ccc(-c4cccc5c4[Si](c4ccccc4)(c4ccccc4)c4ccccc4-5)cc3)cc2)cc1. The number of rotatable bonds is 7. The zero-order valence-electron chi connectivity index (χ0n) is 27.7. The maximum Gasteiger partial charge on any atom is 0.181 e. The summed E-state index contributed by atoms with van der Waals surface area (Å²) >= 11 is 0. The van der Waals surface area contributed by atoms with Crippen LogP contribution in [0.1, 0.15) is 0 Å². The van der Waals surface area contributed by atoms with E-state index in [1.54, 1.807) is 0 Å². The molecule has 2 heteroatoms. The summed E-state index contributed by atoms with van der Waals surface area (Å²) in [6.45, 7) is 0. The van der Waals surface area contributed by atoms with Gasteiger partial charge in [0, 0.05) is 17.1 Å². The van der Waals surface area contributed by atoms with Crippen LogP contribution in [0, 0.1) is 0 Å². The highest BCUT2D eigenvalue weighted by Gasteiger charge is 2.49. The largest absolute Gasteiger partial charge is 0.311 e. The van der Waals surface area contributed by atoms with E-state index in [0.29, 0.717) is 0 Å². The summed E-state index contributed by atoms with van der Waals surface area (Å²) in [6, 6.07) is 77.8. The molecule has 8 aromatic rings. The molecular formula is C48H35NSi. The van der Waals surface area contributed by atoms with Crippen molar-refractivity contribution in [1.82, 2.24) is 0 Å². The van der Waals surface area contributed by atoms with Gasteiger partial charge in [-0.15, -0.1) is 0 Å². The first-order valence-electron chi connectivity index (χ1n) is 17.3. The van der Waals surface area contributed by atoms with Crippen molar-refractivity contribution in [3.63, 3.8) is 0 Å². The van der Waals surface area contributed by atoms with Crippen molar-refractivity contribution in [2.45, 2.75) is 0 Å². The molecule has 0 unspecified atom stereocenters. The van der Waals surface area contributed by atoms with E-state index in [9.17, 15) is 0 Å². The smallest absolute Gasteiger partial charge is 0.181 e. The molecule has 0 fully saturated rings. The quantitative estimate of drug-likeness (QED) is 0.155. The fourth-order valence-corrected chi connectivity index (χ4v) is 13.4. The van der Waals surface area contributed by atoms with Gasteiger partial charge in [-0.25, -0.2) is 0 Å². The minimum atomic E-state index is -2.64. The molecule has 1 nitrogen and oxygen atoms in total. The van der Waals surface area contributed by atoms with E-state index in [4.69, 9.17) is 0 Å². The van der Waals surface area contributed by atoms with Gasteiger partial charge in [-0.3, -0.25) is 0 Å². The van der Waals surface area contributed by atoms with Gasteiger partial charge in [0.05, 0.1) is 0 Å². The van der Waals surface area contributed by atoms with Crippen LogP contribution < -0.4 is 25.6 Å². The van der Waals surface area contributed by atoms with Gasteiger partial charge in [0.25, 0.3) is 0 Å². The first-order valence-corrected chi connectivity index (χ1v) is 19.3. The molecule has 0 aromatic heterocycles. The van der Waals surface area contributed by atoms with Gasteiger partial charge in [0.15, 0.2) is 8.07 Å². The van der Waals surface area contributed by atoms with E-state index >= 15 is 0 Å². The van der Waals surface area contributed by atoms with Crippen molar-refractivity contribution < 1.29 is 0 Å². The molecule has 0 N–H and O–H groups in total. The Morgan fingerprint density at radius 2 is 0.700 bits per heavy atom.